The molecule has 1 aliphatic heterocycles. The van der Waals surface area contributed by atoms with Crippen LogP contribution in [-0.2, 0) is 14.9 Å². The second kappa shape index (κ2) is 6.31. The summed E-state index contributed by atoms with van der Waals surface area (Å²) in [7, 11) is 0. The SMILES string of the molecule is CC(C)(C)c1ccc(/C=C/C(=O)O)c(N2CCOCC2)c1. The van der Waals surface area contributed by atoms with Gasteiger partial charge in [-0.1, -0.05) is 32.9 Å². The van der Waals surface area contributed by atoms with Crippen molar-refractivity contribution in [1.29, 1.82) is 0 Å². The van der Waals surface area contributed by atoms with Gasteiger partial charge >= 0.3 is 5.97 Å². The van der Waals surface area contributed by atoms with Crippen molar-refractivity contribution in [2.75, 3.05) is 31.2 Å². The smallest absolute Gasteiger partial charge is 0.328 e. The monoisotopic (exact) mass is 289 g/mol. The Morgan fingerprint density at radius 2 is 1.95 bits per heavy atom. The highest BCUT2D eigenvalue weighted by atomic mass is 16.5. The Kier molecular flexibility index (Phi) is 4.68. The molecular weight excluding hydrogens is 266 g/mol. The molecule has 0 atom stereocenters. The number of aliphatic carboxylic acids is 1. The van der Waals surface area contributed by atoms with E-state index in [1.54, 1.807) is 6.08 Å². The second-order valence-electron chi connectivity index (χ2n) is 6.29. The van der Waals surface area contributed by atoms with Gasteiger partial charge in [0.2, 0.25) is 0 Å². The van der Waals surface area contributed by atoms with Gasteiger partial charge in [-0.15, -0.1) is 0 Å². The van der Waals surface area contributed by atoms with Gasteiger partial charge in [0.15, 0.2) is 0 Å². The van der Waals surface area contributed by atoms with Gasteiger partial charge in [0.05, 0.1) is 13.2 Å². The van der Waals surface area contributed by atoms with Gasteiger partial charge in [-0.25, -0.2) is 4.79 Å². The molecule has 0 radical (unpaired) electrons. The lowest BCUT2D eigenvalue weighted by Crippen LogP contribution is -2.36. The number of ether oxygens (including phenoxy) is 1. The third-order valence-electron chi connectivity index (χ3n) is 3.65. The lowest BCUT2D eigenvalue weighted by molar-refractivity contribution is -0.131. The number of morpholine rings is 1. The summed E-state index contributed by atoms with van der Waals surface area (Å²) in [5.41, 5.74) is 3.34. The van der Waals surface area contributed by atoms with Gasteiger partial charge < -0.3 is 14.7 Å². The average Bonchev–Trinajstić information content (AvgIpc) is 2.45. The van der Waals surface area contributed by atoms with Gasteiger partial charge in [0.25, 0.3) is 0 Å². The minimum absolute atomic E-state index is 0.0656. The Hall–Kier alpha value is -1.81. The lowest BCUT2D eigenvalue weighted by Gasteiger charge is -2.31. The summed E-state index contributed by atoms with van der Waals surface area (Å²) in [6.07, 6.45) is 2.86. The molecule has 0 saturated carbocycles. The number of carboxylic acid groups (broad SMARTS) is 1. The molecule has 0 unspecified atom stereocenters. The van der Waals surface area contributed by atoms with Gasteiger partial charge in [0, 0.05) is 24.9 Å². The van der Waals surface area contributed by atoms with Crippen LogP contribution >= 0.6 is 0 Å². The number of hydrogen-bond acceptors (Lipinski definition) is 3. The van der Waals surface area contributed by atoms with Crippen LogP contribution in [0.2, 0.25) is 0 Å². The van der Waals surface area contributed by atoms with Gasteiger partial charge in [-0.2, -0.15) is 0 Å². The van der Waals surface area contributed by atoms with E-state index in [4.69, 9.17) is 9.84 Å². The molecule has 1 N–H and O–H groups in total. The first-order chi connectivity index (χ1) is 9.88. The molecule has 1 aromatic carbocycles. The van der Waals surface area contributed by atoms with Crippen molar-refractivity contribution >= 4 is 17.7 Å². The summed E-state index contributed by atoms with van der Waals surface area (Å²) in [4.78, 5) is 13.0. The number of rotatable bonds is 3. The Labute approximate surface area is 126 Å². The molecule has 1 saturated heterocycles. The molecule has 114 valence electrons. The van der Waals surface area contributed by atoms with E-state index < -0.39 is 5.97 Å². The Bertz CT molecular complexity index is 537. The van der Waals surface area contributed by atoms with Crippen molar-refractivity contribution in [3.8, 4) is 0 Å². The van der Waals surface area contributed by atoms with E-state index in [9.17, 15) is 4.79 Å². The number of hydrogen-bond donors (Lipinski definition) is 1. The minimum Gasteiger partial charge on any atom is -0.478 e. The summed E-state index contributed by atoms with van der Waals surface area (Å²) in [6.45, 7) is 9.63. The first kappa shape index (κ1) is 15.6. The van der Waals surface area contributed by atoms with Crippen LogP contribution in [0.15, 0.2) is 24.3 Å². The molecule has 2 rings (SSSR count). The first-order valence-corrected chi connectivity index (χ1v) is 7.26. The van der Waals surface area contributed by atoms with Crippen LogP contribution < -0.4 is 4.90 Å². The third-order valence-corrected chi connectivity index (χ3v) is 3.65. The number of benzene rings is 1. The predicted octanol–water partition coefficient (Wildman–Crippen LogP) is 2.92. The van der Waals surface area contributed by atoms with Gasteiger partial charge in [-0.3, -0.25) is 0 Å². The summed E-state index contributed by atoms with van der Waals surface area (Å²) < 4.78 is 5.40. The maximum absolute atomic E-state index is 10.8. The molecule has 4 nitrogen and oxygen atoms in total. The number of anilines is 1. The van der Waals surface area contributed by atoms with E-state index in [2.05, 4.69) is 37.8 Å². The van der Waals surface area contributed by atoms with E-state index in [0.29, 0.717) is 13.2 Å². The molecule has 0 bridgehead atoms. The van der Waals surface area contributed by atoms with Gasteiger partial charge in [-0.05, 0) is 28.7 Å². The molecule has 1 fully saturated rings. The van der Waals surface area contributed by atoms with E-state index in [0.717, 1.165) is 24.3 Å². The number of carbonyl (C=O) groups is 1. The molecule has 0 spiro atoms. The molecule has 1 aromatic rings. The average molecular weight is 289 g/mol. The van der Waals surface area contributed by atoms with Crippen LogP contribution in [0.4, 0.5) is 5.69 Å². The van der Waals surface area contributed by atoms with Crippen molar-refractivity contribution in [3.05, 3.63) is 35.4 Å². The minimum atomic E-state index is -0.928. The van der Waals surface area contributed by atoms with Crippen molar-refractivity contribution in [3.63, 3.8) is 0 Å². The van der Waals surface area contributed by atoms with E-state index in [1.165, 1.54) is 11.6 Å². The van der Waals surface area contributed by atoms with E-state index in [1.807, 2.05) is 6.07 Å². The van der Waals surface area contributed by atoms with Crippen LogP contribution in [0, 0.1) is 0 Å². The van der Waals surface area contributed by atoms with Crippen molar-refractivity contribution in [2.24, 2.45) is 0 Å². The standard InChI is InChI=1S/C17H23NO3/c1-17(2,3)14-6-4-13(5-7-16(19)20)15(12-14)18-8-10-21-11-9-18/h4-7,12H,8-11H2,1-3H3,(H,19,20)/b7-5+. The molecule has 4 heteroatoms. The highest BCUT2D eigenvalue weighted by Gasteiger charge is 2.19. The normalized spacial score (nSPS) is 16.4. The van der Waals surface area contributed by atoms with Crippen LogP contribution in [-0.4, -0.2) is 37.4 Å². The zero-order chi connectivity index (χ0) is 15.5. The highest BCUT2D eigenvalue weighted by Crippen LogP contribution is 2.30. The Morgan fingerprint density at radius 1 is 1.29 bits per heavy atom. The van der Waals surface area contributed by atoms with Gasteiger partial charge in [0.1, 0.15) is 0 Å². The van der Waals surface area contributed by atoms with Crippen molar-refractivity contribution in [2.45, 2.75) is 26.2 Å². The number of nitrogens with zero attached hydrogens (tertiary/aromatic N) is 1. The maximum Gasteiger partial charge on any atom is 0.328 e. The fourth-order valence-corrected chi connectivity index (χ4v) is 2.39. The van der Waals surface area contributed by atoms with Crippen LogP contribution in [0.3, 0.4) is 0 Å². The quantitative estimate of drug-likeness (QED) is 0.869. The second-order valence-corrected chi connectivity index (χ2v) is 6.29. The Balaban J connectivity index is 2.41. The number of carboxylic acids is 1. The fraction of sp³-hybridized carbons (Fsp3) is 0.471. The van der Waals surface area contributed by atoms with Crippen LogP contribution in [0.5, 0.6) is 0 Å². The molecule has 1 heterocycles. The van der Waals surface area contributed by atoms with Crippen molar-refractivity contribution < 1.29 is 14.6 Å². The predicted molar refractivity (Wildman–Crippen MR) is 84.8 cm³/mol. The molecule has 0 aromatic heterocycles. The first-order valence-electron chi connectivity index (χ1n) is 7.26. The molecular formula is C17H23NO3. The summed E-state index contributed by atoms with van der Waals surface area (Å²) in [5, 5.41) is 8.84. The van der Waals surface area contributed by atoms with Crippen LogP contribution in [0.1, 0.15) is 31.9 Å². The van der Waals surface area contributed by atoms with E-state index in [-0.39, 0.29) is 5.41 Å². The summed E-state index contributed by atoms with van der Waals surface area (Å²) in [6, 6.07) is 6.25. The third kappa shape index (κ3) is 4.08. The van der Waals surface area contributed by atoms with Crippen LogP contribution in [0.25, 0.3) is 6.08 Å². The zero-order valence-electron chi connectivity index (χ0n) is 12.9. The molecule has 0 amide bonds. The summed E-state index contributed by atoms with van der Waals surface area (Å²) >= 11 is 0. The zero-order valence-corrected chi connectivity index (χ0v) is 12.9. The lowest BCUT2D eigenvalue weighted by atomic mass is 9.86. The summed E-state index contributed by atoms with van der Waals surface area (Å²) in [5.74, 6) is -0.928. The van der Waals surface area contributed by atoms with E-state index >= 15 is 0 Å². The fourth-order valence-electron chi connectivity index (χ4n) is 2.39. The topological polar surface area (TPSA) is 49.8 Å². The molecule has 1 aliphatic rings. The highest BCUT2D eigenvalue weighted by molar-refractivity contribution is 5.87. The Morgan fingerprint density at radius 3 is 2.52 bits per heavy atom. The maximum atomic E-state index is 10.8. The molecule has 21 heavy (non-hydrogen) atoms. The van der Waals surface area contributed by atoms with Crippen molar-refractivity contribution in [1.82, 2.24) is 0 Å². The largest absolute Gasteiger partial charge is 0.478 e. The molecule has 0 aliphatic carbocycles.